The molecule has 0 heterocycles. The second kappa shape index (κ2) is 4.45. The monoisotopic (exact) mass is 186 g/mol. The van der Waals surface area contributed by atoms with Crippen molar-refractivity contribution < 1.29 is 9.53 Å². The van der Waals surface area contributed by atoms with Crippen LogP contribution in [-0.4, -0.2) is 21.2 Å². The second-order valence-electron chi connectivity index (χ2n) is 3.99. The summed E-state index contributed by atoms with van der Waals surface area (Å²) in [5, 5.41) is 0. The molecular weight excluding hydrogens is 168 g/mol. The number of esters is 1. The molecule has 0 spiro atoms. The molecule has 0 amide bonds. The van der Waals surface area contributed by atoms with E-state index in [0.29, 0.717) is 12.0 Å². The summed E-state index contributed by atoms with van der Waals surface area (Å²) in [4.78, 5) is 11.0. The van der Waals surface area contributed by atoms with Crippen molar-refractivity contribution in [2.45, 2.75) is 31.6 Å². The summed E-state index contributed by atoms with van der Waals surface area (Å²) in [5.41, 5.74) is 0.324. The van der Waals surface area contributed by atoms with E-state index < -0.39 is 8.07 Å². The van der Waals surface area contributed by atoms with E-state index in [1.54, 1.807) is 0 Å². The standard InChI is InChI=1S/C9H18O2Si/c1-6-8(12(3,4)5)7-9(10)11-2/h6,8H,1,7H2,2-5H3. The molecule has 1 unspecified atom stereocenters. The molecule has 0 bridgehead atoms. The average molecular weight is 186 g/mol. The first-order chi connectivity index (χ1) is 5.41. The van der Waals surface area contributed by atoms with Crippen molar-refractivity contribution in [1.29, 1.82) is 0 Å². The van der Waals surface area contributed by atoms with Gasteiger partial charge >= 0.3 is 5.97 Å². The normalized spacial score (nSPS) is 13.7. The SMILES string of the molecule is C=CC(CC(=O)OC)[Si](C)(C)C. The van der Waals surface area contributed by atoms with Crippen LogP contribution in [-0.2, 0) is 9.53 Å². The fourth-order valence-corrected chi connectivity index (χ4v) is 2.49. The second-order valence-corrected chi connectivity index (χ2v) is 9.46. The summed E-state index contributed by atoms with van der Waals surface area (Å²) in [6, 6.07) is 0. The fourth-order valence-electron chi connectivity index (χ4n) is 1.01. The Morgan fingerprint density at radius 3 is 2.33 bits per heavy atom. The lowest BCUT2D eigenvalue weighted by molar-refractivity contribution is -0.140. The van der Waals surface area contributed by atoms with E-state index in [1.807, 2.05) is 6.08 Å². The third-order valence-electron chi connectivity index (χ3n) is 2.01. The Labute approximate surface area is 75.6 Å². The van der Waals surface area contributed by atoms with Crippen LogP contribution in [0.1, 0.15) is 6.42 Å². The Morgan fingerprint density at radius 1 is 1.58 bits per heavy atom. The molecule has 0 saturated carbocycles. The fraction of sp³-hybridized carbons (Fsp3) is 0.667. The highest BCUT2D eigenvalue weighted by Crippen LogP contribution is 2.26. The number of carbonyl (C=O) groups is 1. The van der Waals surface area contributed by atoms with Gasteiger partial charge in [-0.2, -0.15) is 0 Å². The summed E-state index contributed by atoms with van der Waals surface area (Å²) in [6.45, 7) is 10.4. The largest absolute Gasteiger partial charge is 0.469 e. The molecule has 0 N–H and O–H groups in total. The molecule has 0 radical (unpaired) electrons. The van der Waals surface area contributed by atoms with Crippen LogP contribution in [0, 0.1) is 0 Å². The van der Waals surface area contributed by atoms with Gasteiger partial charge in [-0.15, -0.1) is 6.58 Å². The smallest absolute Gasteiger partial charge is 0.305 e. The number of hydrogen-bond acceptors (Lipinski definition) is 2. The lowest BCUT2D eigenvalue weighted by atomic mass is 10.3. The zero-order chi connectivity index (χ0) is 9.78. The van der Waals surface area contributed by atoms with Crippen molar-refractivity contribution in [1.82, 2.24) is 0 Å². The number of ether oxygens (including phenoxy) is 1. The summed E-state index contributed by atoms with van der Waals surface area (Å²) in [5.74, 6) is -0.137. The van der Waals surface area contributed by atoms with Crippen molar-refractivity contribution in [3.63, 3.8) is 0 Å². The average Bonchev–Trinajstić information content (AvgIpc) is 1.97. The number of carbonyl (C=O) groups excluding carboxylic acids is 1. The molecule has 0 aliphatic heterocycles. The molecule has 0 rings (SSSR count). The van der Waals surface area contributed by atoms with E-state index in [2.05, 4.69) is 31.0 Å². The molecule has 0 fully saturated rings. The summed E-state index contributed by atoms with van der Waals surface area (Å²) in [7, 11) is 0.139. The van der Waals surface area contributed by atoms with Gasteiger partial charge in [0.25, 0.3) is 0 Å². The highest BCUT2D eigenvalue weighted by molar-refractivity contribution is 6.78. The Balaban J connectivity index is 4.19. The topological polar surface area (TPSA) is 26.3 Å². The maximum absolute atomic E-state index is 11.0. The first-order valence-electron chi connectivity index (χ1n) is 4.11. The lowest BCUT2D eigenvalue weighted by Gasteiger charge is -2.24. The highest BCUT2D eigenvalue weighted by atomic mass is 28.3. The van der Waals surface area contributed by atoms with Gasteiger partial charge in [0.15, 0.2) is 0 Å². The molecule has 0 aromatic rings. The van der Waals surface area contributed by atoms with Gasteiger partial charge in [0.2, 0.25) is 0 Å². The quantitative estimate of drug-likeness (QED) is 0.383. The molecule has 1 atom stereocenters. The molecule has 0 aliphatic carbocycles. The number of allylic oxidation sites excluding steroid dienone is 1. The Morgan fingerprint density at radius 2 is 2.08 bits per heavy atom. The zero-order valence-electron chi connectivity index (χ0n) is 8.39. The first-order valence-corrected chi connectivity index (χ1v) is 7.69. The van der Waals surface area contributed by atoms with Crippen molar-refractivity contribution in [2.75, 3.05) is 7.11 Å². The van der Waals surface area contributed by atoms with Crippen LogP contribution in [0.5, 0.6) is 0 Å². The van der Waals surface area contributed by atoms with Crippen LogP contribution in [0.15, 0.2) is 12.7 Å². The minimum absolute atomic E-state index is 0.137. The molecular formula is C9H18O2Si. The molecule has 12 heavy (non-hydrogen) atoms. The molecule has 0 saturated heterocycles. The van der Waals surface area contributed by atoms with Crippen LogP contribution in [0.4, 0.5) is 0 Å². The van der Waals surface area contributed by atoms with Gasteiger partial charge < -0.3 is 4.74 Å². The molecule has 70 valence electrons. The molecule has 0 aromatic carbocycles. The van der Waals surface area contributed by atoms with Gasteiger partial charge in [0.05, 0.1) is 15.2 Å². The van der Waals surface area contributed by atoms with Crippen molar-refractivity contribution in [2.24, 2.45) is 0 Å². The maximum Gasteiger partial charge on any atom is 0.305 e. The van der Waals surface area contributed by atoms with Gasteiger partial charge in [-0.1, -0.05) is 25.7 Å². The van der Waals surface area contributed by atoms with Gasteiger partial charge in [0.1, 0.15) is 0 Å². The van der Waals surface area contributed by atoms with Crippen molar-refractivity contribution in [3.8, 4) is 0 Å². The van der Waals surface area contributed by atoms with E-state index in [0.717, 1.165) is 0 Å². The summed E-state index contributed by atoms with van der Waals surface area (Å²) >= 11 is 0. The third kappa shape index (κ3) is 3.71. The van der Waals surface area contributed by atoms with E-state index in [4.69, 9.17) is 0 Å². The molecule has 0 aliphatic rings. The van der Waals surface area contributed by atoms with Crippen LogP contribution >= 0.6 is 0 Å². The molecule has 2 nitrogen and oxygen atoms in total. The minimum atomic E-state index is -1.28. The molecule has 0 aromatic heterocycles. The summed E-state index contributed by atoms with van der Waals surface area (Å²) in [6.07, 6.45) is 2.36. The zero-order valence-corrected chi connectivity index (χ0v) is 9.39. The van der Waals surface area contributed by atoms with Crippen LogP contribution in [0.2, 0.25) is 25.2 Å². The van der Waals surface area contributed by atoms with Gasteiger partial charge in [-0.05, 0) is 5.54 Å². The number of methoxy groups -OCH3 is 1. The van der Waals surface area contributed by atoms with Gasteiger partial charge in [0, 0.05) is 6.42 Å². The van der Waals surface area contributed by atoms with Gasteiger partial charge in [-0.3, -0.25) is 4.79 Å². The third-order valence-corrected chi connectivity index (χ3v) is 4.68. The van der Waals surface area contributed by atoms with Crippen LogP contribution in [0.3, 0.4) is 0 Å². The predicted molar refractivity (Wildman–Crippen MR) is 53.9 cm³/mol. The summed E-state index contributed by atoms with van der Waals surface area (Å²) < 4.78 is 4.61. The Hall–Kier alpha value is -0.573. The van der Waals surface area contributed by atoms with E-state index in [9.17, 15) is 4.79 Å². The Bertz CT molecular complexity index is 170. The minimum Gasteiger partial charge on any atom is -0.469 e. The van der Waals surface area contributed by atoms with E-state index in [1.165, 1.54) is 7.11 Å². The van der Waals surface area contributed by atoms with Crippen LogP contribution < -0.4 is 0 Å². The Kier molecular flexibility index (Phi) is 4.24. The van der Waals surface area contributed by atoms with Crippen molar-refractivity contribution >= 4 is 14.0 Å². The first kappa shape index (κ1) is 11.4. The number of rotatable bonds is 4. The maximum atomic E-state index is 11.0. The van der Waals surface area contributed by atoms with E-state index in [-0.39, 0.29) is 5.97 Å². The van der Waals surface area contributed by atoms with Crippen molar-refractivity contribution in [3.05, 3.63) is 12.7 Å². The lowest BCUT2D eigenvalue weighted by Crippen LogP contribution is -2.28. The van der Waals surface area contributed by atoms with Crippen LogP contribution in [0.25, 0.3) is 0 Å². The van der Waals surface area contributed by atoms with Gasteiger partial charge in [-0.25, -0.2) is 0 Å². The predicted octanol–water partition coefficient (Wildman–Crippen LogP) is 2.44. The van der Waals surface area contributed by atoms with E-state index >= 15 is 0 Å². The highest BCUT2D eigenvalue weighted by Gasteiger charge is 2.26. The molecule has 3 heteroatoms. The number of hydrogen-bond donors (Lipinski definition) is 0.